The summed E-state index contributed by atoms with van der Waals surface area (Å²) in [6.07, 6.45) is -3.23. The molecule has 3 aliphatic rings. The minimum Gasteiger partial charge on any atom is -0.492 e. The van der Waals surface area contributed by atoms with Gasteiger partial charge < -0.3 is 24.1 Å². The van der Waals surface area contributed by atoms with Crippen molar-refractivity contribution >= 4 is 5.97 Å². The molecule has 3 aromatic carbocycles. The third-order valence-electron chi connectivity index (χ3n) is 7.56. The molecule has 6 rings (SSSR count). The van der Waals surface area contributed by atoms with E-state index in [9.17, 15) is 18.0 Å². The normalized spacial score (nSPS) is 21.8. The number of fused-ring (bicyclic) bond motifs is 2. The Morgan fingerprint density at radius 2 is 1.72 bits per heavy atom. The van der Waals surface area contributed by atoms with Crippen molar-refractivity contribution in [1.82, 2.24) is 0 Å². The number of hydrogen-bond donors (Lipinski definition) is 1. The van der Waals surface area contributed by atoms with Crippen molar-refractivity contribution in [2.75, 3.05) is 19.8 Å². The molecular formula is C30H27F3O6. The smallest absolute Gasteiger partial charge is 0.417 e. The summed E-state index contributed by atoms with van der Waals surface area (Å²) in [6.45, 7) is 1.44. The maximum atomic E-state index is 14.1. The van der Waals surface area contributed by atoms with Gasteiger partial charge in [0.05, 0.1) is 31.8 Å². The fraction of sp³-hybridized carbons (Fsp3) is 0.367. The molecule has 1 fully saturated rings. The summed E-state index contributed by atoms with van der Waals surface area (Å²) in [6, 6.07) is 14.7. The quantitative estimate of drug-likeness (QED) is 0.366. The van der Waals surface area contributed by atoms with E-state index in [0.29, 0.717) is 61.0 Å². The zero-order valence-corrected chi connectivity index (χ0v) is 21.0. The van der Waals surface area contributed by atoms with Crippen LogP contribution in [0.5, 0.6) is 17.2 Å². The third kappa shape index (κ3) is 5.15. The number of rotatable bonds is 7. The van der Waals surface area contributed by atoms with E-state index in [2.05, 4.69) is 0 Å². The van der Waals surface area contributed by atoms with Crippen molar-refractivity contribution in [2.24, 2.45) is 0 Å². The summed E-state index contributed by atoms with van der Waals surface area (Å²) in [5.74, 6) is 0.600. The van der Waals surface area contributed by atoms with E-state index in [-0.39, 0.29) is 24.0 Å². The van der Waals surface area contributed by atoms with E-state index in [1.165, 1.54) is 6.07 Å². The van der Waals surface area contributed by atoms with Crippen LogP contribution in [0.1, 0.15) is 53.5 Å². The summed E-state index contributed by atoms with van der Waals surface area (Å²) >= 11 is 0. The minimum absolute atomic E-state index is 0.0182. The first-order chi connectivity index (χ1) is 18.8. The van der Waals surface area contributed by atoms with Crippen LogP contribution in [-0.4, -0.2) is 37.0 Å². The van der Waals surface area contributed by atoms with Gasteiger partial charge in [0.15, 0.2) is 0 Å². The van der Waals surface area contributed by atoms with Gasteiger partial charge in [0.25, 0.3) is 0 Å². The van der Waals surface area contributed by atoms with Gasteiger partial charge in [0.1, 0.15) is 29.5 Å². The molecule has 9 heteroatoms. The molecular weight excluding hydrogens is 513 g/mol. The van der Waals surface area contributed by atoms with Crippen molar-refractivity contribution in [3.63, 3.8) is 0 Å². The average molecular weight is 541 g/mol. The molecule has 6 nitrogen and oxygen atoms in total. The summed E-state index contributed by atoms with van der Waals surface area (Å²) < 4.78 is 65.5. The average Bonchev–Trinajstić information content (AvgIpc) is 3.64. The van der Waals surface area contributed by atoms with Crippen molar-refractivity contribution in [3.05, 3.63) is 76.9 Å². The van der Waals surface area contributed by atoms with Crippen LogP contribution in [-0.2, 0) is 22.1 Å². The van der Waals surface area contributed by atoms with Crippen LogP contribution in [0, 0.1) is 0 Å². The lowest BCUT2D eigenvalue weighted by atomic mass is 9.91. The maximum Gasteiger partial charge on any atom is 0.417 e. The Balaban J connectivity index is 1.27. The molecule has 204 valence electrons. The molecule has 0 bridgehead atoms. The molecule has 39 heavy (non-hydrogen) atoms. The van der Waals surface area contributed by atoms with Gasteiger partial charge in [0, 0.05) is 24.0 Å². The number of carboxylic acid groups (broad SMARTS) is 1. The zero-order chi connectivity index (χ0) is 27.1. The molecule has 0 radical (unpaired) electrons. The van der Waals surface area contributed by atoms with Crippen LogP contribution in [0.15, 0.2) is 54.6 Å². The van der Waals surface area contributed by atoms with Crippen molar-refractivity contribution in [1.29, 1.82) is 0 Å². The third-order valence-corrected chi connectivity index (χ3v) is 7.56. The van der Waals surface area contributed by atoms with Crippen molar-refractivity contribution in [3.8, 4) is 28.4 Å². The lowest BCUT2D eigenvalue weighted by Gasteiger charge is -2.20. The second-order valence-electron chi connectivity index (χ2n) is 10.1. The van der Waals surface area contributed by atoms with E-state index in [4.69, 9.17) is 24.1 Å². The summed E-state index contributed by atoms with van der Waals surface area (Å²) in [5.41, 5.74) is 2.16. The fourth-order valence-electron chi connectivity index (χ4n) is 5.73. The molecule has 0 saturated carbocycles. The number of aliphatic carboxylic acids is 1. The minimum atomic E-state index is -4.51. The molecule has 1 saturated heterocycles. The van der Waals surface area contributed by atoms with Gasteiger partial charge >= 0.3 is 12.1 Å². The van der Waals surface area contributed by atoms with Crippen LogP contribution >= 0.6 is 0 Å². The second kappa shape index (κ2) is 10.1. The number of hydrogen-bond acceptors (Lipinski definition) is 5. The van der Waals surface area contributed by atoms with Gasteiger partial charge in [0.2, 0.25) is 0 Å². The monoisotopic (exact) mass is 540 g/mol. The molecule has 0 spiro atoms. The van der Waals surface area contributed by atoms with Crippen molar-refractivity contribution in [2.45, 2.75) is 50.0 Å². The molecule has 0 amide bonds. The van der Waals surface area contributed by atoms with E-state index in [0.717, 1.165) is 23.6 Å². The summed E-state index contributed by atoms with van der Waals surface area (Å²) in [5, 5.41) is 9.12. The van der Waals surface area contributed by atoms with E-state index >= 15 is 0 Å². The molecule has 0 unspecified atom stereocenters. The lowest BCUT2D eigenvalue weighted by molar-refractivity contribution is -0.138. The Bertz CT molecular complexity index is 1380. The summed E-state index contributed by atoms with van der Waals surface area (Å²) in [4.78, 5) is 11.1. The van der Waals surface area contributed by atoms with Gasteiger partial charge in [-0.2, -0.15) is 13.2 Å². The predicted molar refractivity (Wildman–Crippen MR) is 135 cm³/mol. The van der Waals surface area contributed by atoms with Gasteiger partial charge in [-0.25, -0.2) is 0 Å². The fourth-order valence-corrected chi connectivity index (χ4v) is 5.73. The predicted octanol–water partition coefficient (Wildman–Crippen LogP) is 6.56. The molecule has 1 aliphatic carbocycles. The molecule has 3 atom stereocenters. The van der Waals surface area contributed by atoms with Crippen LogP contribution in [0.25, 0.3) is 11.1 Å². The number of carboxylic acids is 1. The number of halogens is 3. The Morgan fingerprint density at radius 3 is 2.44 bits per heavy atom. The second-order valence-corrected chi connectivity index (χ2v) is 10.1. The van der Waals surface area contributed by atoms with E-state index in [1.807, 2.05) is 0 Å². The molecule has 0 aromatic heterocycles. The van der Waals surface area contributed by atoms with Crippen molar-refractivity contribution < 1.29 is 42.0 Å². The van der Waals surface area contributed by atoms with Crippen LogP contribution in [0.4, 0.5) is 13.2 Å². The number of carbonyl (C=O) groups is 1. The standard InChI is InChI=1S/C30H27F3O6/c31-30(32,33)25-9-7-23-24(29(25)17-1-3-19(4-2-17)38-21-11-12-36-16-21)8-10-26(23)39-20-5-6-22-18(13-28(34)35)15-37-27(22)14-20/h1-7,9,14,18,21,26H,8,10-13,15-16H2,(H,34,35)/t18-,21+,26-/m1/s1. The molecule has 2 heterocycles. The van der Waals surface area contributed by atoms with Gasteiger partial charge in [-0.05, 0) is 59.4 Å². The highest BCUT2D eigenvalue weighted by Crippen LogP contribution is 2.47. The van der Waals surface area contributed by atoms with Gasteiger partial charge in [-0.3, -0.25) is 4.79 Å². The highest BCUT2D eigenvalue weighted by Gasteiger charge is 2.38. The Hall–Kier alpha value is -3.72. The van der Waals surface area contributed by atoms with Crippen LogP contribution in [0.2, 0.25) is 0 Å². The number of alkyl halides is 3. The van der Waals surface area contributed by atoms with Gasteiger partial charge in [-0.1, -0.05) is 24.3 Å². The van der Waals surface area contributed by atoms with Crippen LogP contribution in [0.3, 0.4) is 0 Å². The Kier molecular flexibility index (Phi) is 6.62. The van der Waals surface area contributed by atoms with E-state index < -0.39 is 23.8 Å². The first-order valence-corrected chi connectivity index (χ1v) is 13.0. The zero-order valence-electron chi connectivity index (χ0n) is 21.0. The first kappa shape index (κ1) is 25.6. The number of ether oxygens (including phenoxy) is 4. The Morgan fingerprint density at radius 1 is 0.949 bits per heavy atom. The summed E-state index contributed by atoms with van der Waals surface area (Å²) in [7, 11) is 0. The maximum absolute atomic E-state index is 14.1. The van der Waals surface area contributed by atoms with E-state index in [1.54, 1.807) is 42.5 Å². The lowest BCUT2D eigenvalue weighted by Crippen LogP contribution is -2.15. The SMILES string of the molecule is O=C(O)C[C@@H]1COc2cc(O[C@@H]3CCc4c3ccc(C(F)(F)F)c4-c3ccc(O[C@H]4CCOC4)cc3)ccc21. The molecule has 3 aromatic rings. The van der Waals surface area contributed by atoms with Crippen LogP contribution < -0.4 is 14.2 Å². The number of benzene rings is 3. The highest BCUT2D eigenvalue weighted by atomic mass is 19.4. The molecule has 1 N–H and O–H groups in total. The first-order valence-electron chi connectivity index (χ1n) is 13.0. The Labute approximate surface area is 223 Å². The van der Waals surface area contributed by atoms with Gasteiger partial charge in [-0.15, -0.1) is 0 Å². The largest absolute Gasteiger partial charge is 0.492 e. The highest BCUT2D eigenvalue weighted by molar-refractivity contribution is 5.75. The molecule has 2 aliphatic heterocycles. The topological polar surface area (TPSA) is 74.2 Å².